The van der Waals surface area contributed by atoms with Gasteiger partial charge in [0, 0.05) is 30.5 Å². The van der Waals surface area contributed by atoms with Crippen molar-refractivity contribution in [1.82, 2.24) is 25.0 Å². The first kappa shape index (κ1) is 19.4. The molecule has 0 saturated carbocycles. The number of hydrogen-bond donors (Lipinski definition) is 1. The van der Waals surface area contributed by atoms with Gasteiger partial charge >= 0.3 is 6.03 Å². The summed E-state index contributed by atoms with van der Waals surface area (Å²) in [5.74, 6) is 1.97. The first-order valence-corrected chi connectivity index (χ1v) is 11.1. The predicted molar refractivity (Wildman–Crippen MR) is 112 cm³/mol. The van der Waals surface area contributed by atoms with Gasteiger partial charge in [-0.2, -0.15) is 0 Å². The maximum absolute atomic E-state index is 13.0. The van der Waals surface area contributed by atoms with Crippen molar-refractivity contribution in [3.63, 3.8) is 0 Å². The standard InChI is InChI=1S/C21H28BrN5O/c1-3-18(20-25-24-19-7-5-4-6-9-27(19)20)23-21(28)26-10-8-16-15(13-26)11-14(2)12-17(16)22/h11-12,18H,3-10,13H2,1-2H3,(H,23,28). The summed E-state index contributed by atoms with van der Waals surface area (Å²) < 4.78 is 3.38. The molecule has 0 fully saturated rings. The summed E-state index contributed by atoms with van der Waals surface area (Å²) >= 11 is 3.67. The lowest BCUT2D eigenvalue weighted by Gasteiger charge is -2.31. The Morgan fingerprint density at radius 3 is 2.89 bits per heavy atom. The minimum absolute atomic E-state index is 0.0129. The zero-order valence-electron chi connectivity index (χ0n) is 16.7. The van der Waals surface area contributed by atoms with E-state index >= 15 is 0 Å². The summed E-state index contributed by atoms with van der Waals surface area (Å²) in [7, 11) is 0. The fourth-order valence-corrected chi connectivity index (χ4v) is 5.14. The van der Waals surface area contributed by atoms with E-state index < -0.39 is 0 Å². The van der Waals surface area contributed by atoms with Crippen molar-refractivity contribution in [2.45, 2.75) is 71.5 Å². The smallest absolute Gasteiger partial charge is 0.318 e. The van der Waals surface area contributed by atoms with Gasteiger partial charge in [-0.05, 0) is 55.4 Å². The molecule has 150 valence electrons. The Morgan fingerprint density at radius 1 is 1.21 bits per heavy atom. The van der Waals surface area contributed by atoms with Crippen molar-refractivity contribution in [3.8, 4) is 0 Å². The lowest BCUT2D eigenvalue weighted by atomic mass is 9.98. The van der Waals surface area contributed by atoms with E-state index in [1.807, 2.05) is 4.90 Å². The second-order valence-corrected chi connectivity index (χ2v) is 8.76. The third kappa shape index (κ3) is 3.81. The molecule has 0 spiro atoms. The number of aryl methyl sites for hydroxylation is 2. The molecule has 28 heavy (non-hydrogen) atoms. The van der Waals surface area contributed by atoms with Crippen molar-refractivity contribution >= 4 is 22.0 Å². The van der Waals surface area contributed by atoms with E-state index in [-0.39, 0.29) is 12.1 Å². The first-order valence-electron chi connectivity index (χ1n) is 10.3. The Bertz CT molecular complexity index is 878. The van der Waals surface area contributed by atoms with Crippen LogP contribution in [0.1, 0.15) is 67.0 Å². The number of nitrogens with one attached hydrogen (secondary N) is 1. The first-order chi connectivity index (χ1) is 13.6. The van der Waals surface area contributed by atoms with Gasteiger partial charge in [-0.25, -0.2) is 4.79 Å². The SMILES string of the molecule is CCC(NC(=O)N1CCc2c(Br)cc(C)cc2C1)c1nnc2n1CCCCC2. The van der Waals surface area contributed by atoms with Crippen LogP contribution in [0.5, 0.6) is 0 Å². The van der Waals surface area contributed by atoms with E-state index in [1.165, 1.54) is 29.5 Å². The van der Waals surface area contributed by atoms with Gasteiger partial charge in [-0.1, -0.05) is 35.3 Å². The number of benzene rings is 1. The van der Waals surface area contributed by atoms with E-state index in [9.17, 15) is 4.79 Å². The number of carbonyl (C=O) groups excluding carboxylic acids is 1. The summed E-state index contributed by atoms with van der Waals surface area (Å²) in [6.45, 7) is 6.52. The molecule has 0 radical (unpaired) electrons. The number of carbonyl (C=O) groups is 1. The average molecular weight is 446 g/mol. The molecule has 1 unspecified atom stereocenters. The third-order valence-corrected chi connectivity index (χ3v) is 6.58. The van der Waals surface area contributed by atoms with Gasteiger partial charge in [0.25, 0.3) is 0 Å². The molecule has 4 rings (SSSR count). The Kier molecular flexibility index (Phi) is 5.71. The molecule has 1 N–H and O–H groups in total. The summed E-state index contributed by atoms with van der Waals surface area (Å²) in [6.07, 6.45) is 6.21. The predicted octanol–water partition coefficient (Wildman–Crippen LogP) is 4.29. The Morgan fingerprint density at radius 2 is 2.07 bits per heavy atom. The molecular formula is C21H28BrN5O. The van der Waals surface area contributed by atoms with E-state index in [2.05, 4.69) is 62.0 Å². The highest BCUT2D eigenvalue weighted by Crippen LogP contribution is 2.28. The monoisotopic (exact) mass is 445 g/mol. The molecule has 3 heterocycles. The van der Waals surface area contributed by atoms with Crippen LogP contribution in [0.4, 0.5) is 4.79 Å². The molecule has 2 aromatic rings. The second-order valence-electron chi connectivity index (χ2n) is 7.90. The van der Waals surface area contributed by atoms with Crippen molar-refractivity contribution in [1.29, 1.82) is 0 Å². The van der Waals surface area contributed by atoms with Crippen molar-refractivity contribution in [3.05, 3.63) is 44.9 Å². The van der Waals surface area contributed by atoms with Gasteiger partial charge in [0.05, 0.1) is 6.04 Å². The van der Waals surface area contributed by atoms with Crippen LogP contribution < -0.4 is 5.32 Å². The minimum atomic E-state index is -0.0995. The summed E-state index contributed by atoms with van der Waals surface area (Å²) in [6, 6.07) is 4.23. The molecule has 2 aliphatic heterocycles. The van der Waals surface area contributed by atoms with Crippen LogP contribution in [0.25, 0.3) is 0 Å². The molecule has 6 nitrogen and oxygen atoms in total. The number of hydrogen-bond acceptors (Lipinski definition) is 3. The van der Waals surface area contributed by atoms with Crippen LogP contribution in [-0.2, 0) is 25.9 Å². The van der Waals surface area contributed by atoms with Crippen LogP contribution in [-0.4, -0.2) is 32.2 Å². The highest BCUT2D eigenvalue weighted by Gasteiger charge is 2.27. The zero-order valence-corrected chi connectivity index (χ0v) is 18.3. The molecule has 0 saturated heterocycles. The Labute approximate surface area is 174 Å². The highest BCUT2D eigenvalue weighted by atomic mass is 79.9. The van der Waals surface area contributed by atoms with Gasteiger partial charge in [-0.15, -0.1) is 10.2 Å². The lowest BCUT2D eigenvalue weighted by molar-refractivity contribution is 0.187. The van der Waals surface area contributed by atoms with E-state index in [1.54, 1.807) is 0 Å². The molecule has 0 aliphatic carbocycles. The molecule has 7 heteroatoms. The number of aromatic nitrogens is 3. The van der Waals surface area contributed by atoms with Crippen molar-refractivity contribution in [2.24, 2.45) is 0 Å². The molecule has 2 aliphatic rings. The molecule has 1 aromatic heterocycles. The highest BCUT2D eigenvalue weighted by molar-refractivity contribution is 9.10. The maximum atomic E-state index is 13.0. The maximum Gasteiger partial charge on any atom is 0.318 e. The second kappa shape index (κ2) is 8.23. The fourth-order valence-electron chi connectivity index (χ4n) is 4.32. The molecule has 0 bridgehead atoms. The molecule has 1 atom stereocenters. The van der Waals surface area contributed by atoms with Crippen LogP contribution >= 0.6 is 15.9 Å². The minimum Gasteiger partial charge on any atom is -0.328 e. The Hall–Kier alpha value is -1.89. The molecular weight excluding hydrogens is 418 g/mol. The Balaban J connectivity index is 1.49. The van der Waals surface area contributed by atoms with Gasteiger partial charge in [0.1, 0.15) is 5.82 Å². The number of nitrogens with zero attached hydrogens (tertiary/aromatic N) is 4. The normalized spacial score (nSPS) is 17.5. The van der Waals surface area contributed by atoms with Crippen LogP contribution in [0, 0.1) is 6.92 Å². The summed E-state index contributed by atoms with van der Waals surface area (Å²) in [5, 5.41) is 12.1. The van der Waals surface area contributed by atoms with Crippen LogP contribution in [0.3, 0.4) is 0 Å². The van der Waals surface area contributed by atoms with Crippen molar-refractivity contribution in [2.75, 3.05) is 6.54 Å². The largest absolute Gasteiger partial charge is 0.328 e. The topological polar surface area (TPSA) is 63.1 Å². The molecule has 1 aromatic carbocycles. The van der Waals surface area contributed by atoms with E-state index in [0.717, 1.165) is 54.9 Å². The number of urea groups is 1. The number of halogens is 1. The lowest BCUT2D eigenvalue weighted by Crippen LogP contribution is -2.44. The van der Waals surface area contributed by atoms with Crippen LogP contribution in [0.2, 0.25) is 0 Å². The van der Waals surface area contributed by atoms with Gasteiger partial charge in [-0.3, -0.25) is 0 Å². The summed E-state index contributed by atoms with van der Waals surface area (Å²) in [4.78, 5) is 14.9. The fraction of sp³-hybridized carbons (Fsp3) is 0.571. The third-order valence-electron chi connectivity index (χ3n) is 5.87. The molecule has 2 amide bonds. The number of amides is 2. The van der Waals surface area contributed by atoms with Crippen molar-refractivity contribution < 1.29 is 4.79 Å². The number of rotatable bonds is 3. The van der Waals surface area contributed by atoms with E-state index in [4.69, 9.17) is 0 Å². The average Bonchev–Trinajstić information content (AvgIpc) is 2.93. The van der Waals surface area contributed by atoms with E-state index in [0.29, 0.717) is 6.54 Å². The van der Waals surface area contributed by atoms with Crippen LogP contribution in [0.15, 0.2) is 16.6 Å². The van der Waals surface area contributed by atoms with Gasteiger partial charge in [0.15, 0.2) is 5.82 Å². The zero-order chi connectivity index (χ0) is 19.7. The van der Waals surface area contributed by atoms with Gasteiger partial charge < -0.3 is 14.8 Å². The van der Waals surface area contributed by atoms with Gasteiger partial charge in [0.2, 0.25) is 0 Å². The summed E-state index contributed by atoms with van der Waals surface area (Å²) in [5.41, 5.74) is 3.77. The number of fused-ring (bicyclic) bond motifs is 2. The quantitative estimate of drug-likeness (QED) is 0.765.